The van der Waals surface area contributed by atoms with Crippen molar-refractivity contribution in [1.82, 2.24) is 24.8 Å². The molecule has 1 aliphatic carbocycles. The first-order chi connectivity index (χ1) is 18.2. The van der Waals surface area contributed by atoms with Crippen LogP contribution in [0, 0.1) is 11.7 Å². The van der Waals surface area contributed by atoms with Gasteiger partial charge in [-0.15, -0.1) is 0 Å². The Morgan fingerprint density at radius 2 is 1.73 bits per heavy atom. The van der Waals surface area contributed by atoms with Gasteiger partial charge in [0.15, 0.2) is 17.0 Å². The molecule has 0 amide bonds. The van der Waals surface area contributed by atoms with E-state index in [0.29, 0.717) is 24.5 Å². The Balaban J connectivity index is 1.22. The van der Waals surface area contributed by atoms with E-state index in [4.69, 9.17) is 15.0 Å². The minimum absolute atomic E-state index is 0.224. The van der Waals surface area contributed by atoms with Crippen LogP contribution in [0.1, 0.15) is 50.1 Å². The minimum Gasteiger partial charge on any atom is -0.364 e. The molecule has 0 atom stereocenters. The number of imidazole rings is 1. The number of nitrogens with zero attached hydrogens (tertiary/aromatic N) is 4. The highest BCUT2D eigenvalue weighted by Crippen LogP contribution is 2.33. The normalized spacial score (nSPS) is 16.9. The molecule has 2 aromatic heterocycles. The van der Waals surface area contributed by atoms with Crippen molar-refractivity contribution in [2.45, 2.75) is 51.1 Å². The topological polar surface area (TPSA) is 79.7 Å². The van der Waals surface area contributed by atoms with E-state index >= 15 is 0 Å². The third-order valence-electron chi connectivity index (χ3n) is 7.72. The Kier molecular flexibility index (Phi) is 6.99. The van der Waals surface area contributed by atoms with Gasteiger partial charge in [-0.05, 0) is 73.5 Å². The summed E-state index contributed by atoms with van der Waals surface area (Å²) in [6.45, 7) is 3.64. The monoisotopic (exact) mass is 499 g/mol. The van der Waals surface area contributed by atoms with Crippen LogP contribution in [0.2, 0.25) is 0 Å². The number of halogens is 1. The molecule has 1 aliphatic heterocycles. The second kappa shape index (κ2) is 10.8. The lowest BCUT2D eigenvalue weighted by molar-refractivity contribution is 0.389. The summed E-state index contributed by atoms with van der Waals surface area (Å²) >= 11 is 0. The maximum Gasteiger partial charge on any atom is 0.226 e. The molecular weight excluding hydrogens is 465 g/mol. The van der Waals surface area contributed by atoms with E-state index in [2.05, 4.69) is 32.7 Å². The molecule has 8 heteroatoms. The summed E-state index contributed by atoms with van der Waals surface area (Å²) < 4.78 is 15.9. The standard InChI is InChI=1S/C29H34FN7/c30-24-5-3-4-23(16-24)22-10-8-20(9-11-22)17-32-27-26-28(37(19-34-26)25-6-1-2-7-25)36-29(35-27)33-18-21-12-14-31-15-13-21/h3-5,8-11,16,19,21,25,31H,1-2,6-7,12-15,17-18H2,(H2,32,33,35,36). The molecule has 0 spiro atoms. The molecule has 2 aromatic carbocycles. The zero-order valence-electron chi connectivity index (χ0n) is 21.1. The zero-order chi connectivity index (χ0) is 25.0. The maximum absolute atomic E-state index is 13.6. The van der Waals surface area contributed by atoms with Crippen LogP contribution in [0.3, 0.4) is 0 Å². The molecule has 0 radical (unpaired) electrons. The molecule has 0 bridgehead atoms. The van der Waals surface area contributed by atoms with Gasteiger partial charge in [-0.25, -0.2) is 9.37 Å². The molecule has 3 heterocycles. The lowest BCUT2D eigenvalue weighted by Gasteiger charge is -2.23. The summed E-state index contributed by atoms with van der Waals surface area (Å²) in [7, 11) is 0. The van der Waals surface area contributed by atoms with Crippen LogP contribution in [0.25, 0.3) is 22.3 Å². The number of fused-ring (bicyclic) bond motifs is 1. The van der Waals surface area contributed by atoms with Gasteiger partial charge in [-0.1, -0.05) is 49.2 Å². The lowest BCUT2D eigenvalue weighted by Crippen LogP contribution is -2.31. The van der Waals surface area contributed by atoms with Gasteiger partial charge in [0, 0.05) is 19.1 Å². The van der Waals surface area contributed by atoms with Crippen molar-refractivity contribution >= 4 is 22.9 Å². The molecule has 4 aromatic rings. The van der Waals surface area contributed by atoms with Gasteiger partial charge in [0.05, 0.1) is 6.33 Å². The van der Waals surface area contributed by atoms with E-state index in [0.717, 1.165) is 53.3 Å². The van der Waals surface area contributed by atoms with E-state index in [9.17, 15) is 4.39 Å². The van der Waals surface area contributed by atoms with Crippen molar-refractivity contribution in [1.29, 1.82) is 0 Å². The summed E-state index contributed by atoms with van der Waals surface area (Å²) in [6, 6.07) is 15.3. The lowest BCUT2D eigenvalue weighted by atomic mass is 9.98. The van der Waals surface area contributed by atoms with Crippen molar-refractivity contribution in [3.63, 3.8) is 0 Å². The third-order valence-corrected chi connectivity index (χ3v) is 7.72. The van der Waals surface area contributed by atoms with Crippen LogP contribution in [-0.4, -0.2) is 39.2 Å². The number of hydrogen-bond acceptors (Lipinski definition) is 6. The highest BCUT2D eigenvalue weighted by atomic mass is 19.1. The maximum atomic E-state index is 13.6. The molecule has 2 fully saturated rings. The SMILES string of the molecule is Fc1cccc(-c2ccc(CNc3nc(NCC4CCNCC4)nc4c3ncn4C3CCCC3)cc2)c1. The fraction of sp³-hybridized carbons (Fsp3) is 0.414. The quantitative estimate of drug-likeness (QED) is 0.286. The predicted molar refractivity (Wildman–Crippen MR) is 146 cm³/mol. The first-order valence-corrected chi connectivity index (χ1v) is 13.5. The Morgan fingerprint density at radius 3 is 2.51 bits per heavy atom. The molecule has 3 N–H and O–H groups in total. The second-order valence-corrected chi connectivity index (χ2v) is 10.3. The van der Waals surface area contributed by atoms with Gasteiger partial charge >= 0.3 is 0 Å². The second-order valence-electron chi connectivity index (χ2n) is 10.3. The van der Waals surface area contributed by atoms with Gasteiger partial charge in [0.2, 0.25) is 5.95 Å². The molecule has 7 nitrogen and oxygen atoms in total. The highest BCUT2D eigenvalue weighted by molar-refractivity contribution is 5.84. The summed E-state index contributed by atoms with van der Waals surface area (Å²) in [5.41, 5.74) is 4.70. The van der Waals surface area contributed by atoms with Crippen LogP contribution in [-0.2, 0) is 6.54 Å². The molecule has 192 valence electrons. The number of benzene rings is 2. The average molecular weight is 500 g/mol. The highest BCUT2D eigenvalue weighted by Gasteiger charge is 2.22. The van der Waals surface area contributed by atoms with Crippen LogP contribution in [0.15, 0.2) is 54.9 Å². The van der Waals surface area contributed by atoms with Crippen molar-refractivity contribution in [3.8, 4) is 11.1 Å². The average Bonchev–Trinajstić information content (AvgIpc) is 3.62. The molecule has 0 unspecified atom stereocenters. The molecule has 1 saturated carbocycles. The van der Waals surface area contributed by atoms with Gasteiger partial charge < -0.3 is 20.5 Å². The fourth-order valence-corrected chi connectivity index (χ4v) is 5.56. The third kappa shape index (κ3) is 5.44. The van der Waals surface area contributed by atoms with Crippen molar-refractivity contribution < 1.29 is 4.39 Å². The Bertz CT molecular complexity index is 1340. The number of anilines is 2. The Morgan fingerprint density at radius 1 is 0.919 bits per heavy atom. The number of aromatic nitrogens is 4. The smallest absolute Gasteiger partial charge is 0.226 e. The largest absolute Gasteiger partial charge is 0.364 e. The Labute approximate surface area is 216 Å². The molecule has 37 heavy (non-hydrogen) atoms. The first kappa shape index (κ1) is 23.9. The number of piperidine rings is 1. The van der Waals surface area contributed by atoms with Crippen LogP contribution in [0.4, 0.5) is 16.2 Å². The molecule has 1 saturated heterocycles. The summed E-state index contributed by atoms with van der Waals surface area (Å²) in [6.07, 6.45) is 9.14. The first-order valence-electron chi connectivity index (χ1n) is 13.5. The minimum atomic E-state index is -0.224. The van der Waals surface area contributed by atoms with Crippen LogP contribution >= 0.6 is 0 Å². The summed E-state index contributed by atoms with van der Waals surface area (Å²) in [5, 5.41) is 10.5. The van der Waals surface area contributed by atoms with Gasteiger partial charge in [-0.2, -0.15) is 9.97 Å². The van der Waals surface area contributed by atoms with Gasteiger partial charge in [-0.3, -0.25) is 0 Å². The summed E-state index contributed by atoms with van der Waals surface area (Å²) in [4.78, 5) is 14.5. The van der Waals surface area contributed by atoms with E-state index in [1.54, 1.807) is 12.1 Å². The number of nitrogens with one attached hydrogen (secondary N) is 3. The number of hydrogen-bond donors (Lipinski definition) is 3. The predicted octanol–water partition coefficient (Wildman–Crippen LogP) is 5.77. The fourth-order valence-electron chi connectivity index (χ4n) is 5.56. The van der Waals surface area contributed by atoms with E-state index in [1.165, 1.54) is 44.6 Å². The van der Waals surface area contributed by atoms with E-state index in [-0.39, 0.29) is 5.82 Å². The van der Waals surface area contributed by atoms with Crippen LogP contribution in [0.5, 0.6) is 0 Å². The summed E-state index contributed by atoms with van der Waals surface area (Å²) in [5.74, 6) is 1.82. The van der Waals surface area contributed by atoms with Crippen LogP contribution < -0.4 is 16.0 Å². The molecule has 2 aliphatic rings. The van der Waals surface area contributed by atoms with Crippen molar-refractivity contribution in [3.05, 3.63) is 66.2 Å². The number of rotatable bonds is 8. The van der Waals surface area contributed by atoms with E-state index in [1.807, 2.05) is 24.5 Å². The van der Waals surface area contributed by atoms with E-state index < -0.39 is 0 Å². The van der Waals surface area contributed by atoms with Gasteiger partial charge in [0.1, 0.15) is 5.82 Å². The molecular formula is C29H34FN7. The van der Waals surface area contributed by atoms with Gasteiger partial charge in [0.25, 0.3) is 0 Å². The molecule has 6 rings (SSSR count). The van der Waals surface area contributed by atoms with Crippen molar-refractivity contribution in [2.24, 2.45) is 5.92 Å². The Hall–Kier alpha value is -3.52. The van der Waals surface area contributed by atoms with Crippen molar-refractivity contribution in [2.75, 3.05) is 30.3 Å². The zero-order valence-corrected chi connectivity index (χ0v) is 21.1.